The largest absolute Gasteiger partial charge is 0.375 e. The Morgan fingerprint density at radius 2 is 2.15 bits per heavy atom. The zero-order chi connectivity index (χ0) is 14.5. The number of likely N-dealkylation sites (tertiary alicyclic amines) is 1. The Balaban J connectivity index is 1.74. The molecule has 2 heterocycles. The Kier molecular flexibility index (Phi) is 5.57. The number of nitrogens with one attached hydrogen (secondary N) is 1. The molecule has 1 N–H and O–H groups in total. The predicted octanol–water partition coefficient (Wildman–Crippen LogP) is 2.09. The molecule has 112 valence electrons. The van der Waals surface area contributed by atoms with E-state index in [1.165, 1.54) is 15.3 Å². The molecule has 0 aromatic carbocycles. The van der Waals surface area contributed by atoms with Crippen LogP contribution in [0.15, 0.2) is 6.07 Å². The summed E-state index contributed by atoms with van der Waals surface area (Å²) in [7, 11) is 1.57. The molecule has 0 spiro atoms. The van der Waals surface area contributed by atoms with Crippen LogP contribution in [-0.4, -0.2) is 43.7 Å². The average Bonchev–Trinajstić information content (AvgIpc) is 2.75. The van der Waals surface area contributed by atoms with Crippen LogP contribution < -0.4 is 5.32 Å². The van der Waals surface area contributed by atoms with Crippen molar-refractivity contribution in [2.45, 2.75) is 39.3 Å². The lowest BCUT2D eigenvalue weighted by atomic mass is 10.0. The van der Waals surface area contributed by atoms with Gasteiger partial charge < -0.3 is 15.0 Å². The molecule has 1 amide bonds. The molecule has 0 aliphatic carbocycles. The molecule has 1 aromatic heterocycles. The number of aryl methyl sites for hydroxylation is 2. The van der Waals surface area contributed by atoms with Gasteiger partial charge in [-0.1, -0.05) is 0 Å². The topological polar surface area (TPSA) is 41.6 Å². The second-order valence-electron chi connectivity index (χ2n) is 5.41. The maximum Gasteiger partial charge on any atom is 0.248 e. The molecule has 0 saturated carbocycles. The van der Waals surface area contributed by atoms with E-state index in [-0.39, 0.29) is 12.5 Å². The molecule has 1 fully saturated rings. The number of hydrogen-bond donors (Lipinski definition) is 1. The normalized spacial score (nSPS) is 16.6. The van der Waals surface area contributed by atoms with Crippen molar-refractivity contribution < 1.29 is 9.53 Å². The monoisotopic (exact) mass is 296 g/mol. The Bertz CT molecular complexity index is 451. The minimum absolute atomic E-state index is 0.107. The van der Waals surface area contributed by atoms with Crippen molar-refractivity contribution in [2.75, 3.05) is 26.8 Å². The van der Waals surface area contributed by atoms with Crippen LogP contribution in [0.3, 0.4) is 0 Å². The fourth-order valence-corrected chi connectivity index (χ4v) is 3.61. The van der Waals surface area contributed by atoms with Gasteiger partial charge in [-0.25, -0.2) is 0 Å². The molecule has 4 nitrogen and oxygen atoms in total. The number of carbonyl (C=O) groups is 1. The van der Waals surface area contributed by atoms with E-state index in [9.17, 15) is 4.79 Å². The van der Waals surface area contributed by atoms with Crippen molar-refractivity contribution in [3.63, 3.8) is 0 Å². The molecule has 1 aromatic rings. The molecular weight excluding hydrogens is 272 g/mol. The van der Waals surface area contributed by atoms with Gasteiger partial charge in [0.25, 0.3) is 0 Å². The standard InChI is InChI=1S/C15H24N2O2S/c1-11-8-13(12(2)20-11)9-16-14-4-6-17(7-5-14)15(18)10-19-3/h8,14,16H,4-7,9-10H2,1-3H3. The van der Waals surface area contributed by atoms with Gasteiger partial charge in [0.05, 0.1) is 0 Å². The average molecular weight is 296 g/mol. The lowest BCUT2D eigenvalue weighted by Gasteiger charge is -2.32. The second-order valence-corrected chi connectivity index (χ2v) is 6.87. The van der Waals surface area contributed by atoms with Crippen LogP contribution in [0.5, 0.6) is 0 Å². The van der Waals surface area contributed by atoms with Gasteiger partial charge in [-0.2, -0.15) is 0 Å². The predicted molar refractivity (Wildman–Crippen MR) is 82.1 cm³/mol. The lowest BCUT2D eigenvalue weighted by molar-refractivity contribution is -0.136. The molecule has 0 atom stereocenters. The third-order valence-electron chi connectivity index (χ3n) is 3.84. The molecule has 1 saturated heterocycles. The van der Waals surface area contributed by atoms with Gasteiger partial charge in [0, 0.05) is 42.5 Å². The molecule has 1 aliphatic heterocycles. The quantitative estimate of drug-likeness (QED) is 0.904. The van der Waals surface area contributed by atoms with Crippen molar-refractivity contribution in [3.8, 4) is 0 Å². The minimum Gasteiger partial charge on any atom is -0.375 e. The second kappa shape index (κ2) is 7.20. The fourth-order valence-electron chi connectivity index (χ4n) is 2.66. The molecule has 1 aliphatic rings. The van der Waals surface area contributed by atoms with Crippen molar-refractivity contribution in [3.05, 3.63) is 21.4 Å². The summed E-state index contributed by atoms with van der Waals surface area (Å²) in [5, 5.41) is 3.62. The molecule has 2 rings (SSSR count). The number of rotatable bonds is 5. The Morgan fingerprint density at radius 3 is 2.70 bits per heavy atom. The highest BCUT2D eigenvalue weighted by molar-refractivity contribution is 7.12. The van der Waals surface area contributed by atoms with Gasteiger partial charge in [-0.05, 0) is 38.3 Å². The smallest absolute Gasteiger partial charge is 0.248 e. The van der Waals surface area contributed by atoms with E-state index in [2.05, 4.69) is 25.2 Å². The van der Waals surface area contributed by atoms with E-state index in [0.29, 0.717) is 6.04 Å². The maximum atomic E-state index is 11.7. The number of thiophene rings is 1. The number of amides is 1. The summed E-state index contributed by atoms with van der Waals surface area (Å²) < 4.78 is 4.90. The summed E-state index contributed by atoms with van der Waals surface area (Å²) in [5.41, 5.74) is 1.41. The van der Waals surface area contributed by atoms with E-state index in [1.54, 1.807) is 7.11 Å². The highest BCUT2D eigenvalue weighted by Crippen LogP contribution is 2.21. The first-order chi connectivity index (χ1) is 9.60. The molecular formula is C15H24N2O2S. The van der Waals surface area contributed by atoms with Gasteiger partial charge in [0.15, 0.2) is 0 Å². The molecule has 20 heavy (non-hydrogen) atoms. The van der Waals surface area contributed by atoms with Crippen molar-refractivity contribution in [1.29, 1.82) is 0 Å². The van der Waals surface area contributed by atoms with Crippen LogP contribution in [0.4, 0.5) is 0 Å². The third-order valence-corrected chi connectivity index (χ3v) is 4.85. The van der Waals surface area contributed by atoms with E-state index in [4.69, 9.17) is 4.74 Å². The SMILES string of the molecule is COCC(=O)N1CCC(NCc2cc(C)sc2C)CC1. The van der Waals surface area contributed by atoms with E-state index in [1.807, 2.05) is 16.2 Å². The van der Waals surface area contributed by atoms with E-state index >= 15 is 0 Å². The first kappa shape index (κ1) is 15.5. The highest BCUT2D eigenvalue weighted by Gasteiger charge is 2.22. The zero-order valence-electron chi connectivity index (χ0n) is 12.6. The molecule has 0 unspecified atom stereocenters. The maximum absolute atomic E-state index is 11.7. The number of piperidine rings is 1. The summed E-state index contributed by atoms with van der Waals surface area (Å²) >= 11 is 1.86. The molecule has 5 heteroatoms. The number of ether oxygens (including phenoxy) is 1. The van der Waals surface area contributed by atoms with Crippen molar-refractivity contribution in [2.24, 2.45) is 0 Å². The van der Waals surface area contributed by atoms with Crippen LogP contribution in [0.2, 0.25) is 0 Å². The lowest BCUT2D eigenvalue weighted by Crippen LogP contribution is -2.45. The summed E-state index contributed by atoms with van der Waals surface area (Å²) in [6.45, 7) is 7.14. The first-order valence-corrected chi connectivity index (χ1v) is 7.98. The minimum atomic E-state index is 0.107. The first-order valence-electron chi connectivity index (χ1n) is 7.16. The van der Waals surface area contributed by atoms with Gasteiger partial charge in [0.1, 0.15) is 6.61 Å². The van der Waals surface area contributed by atoms with Gasteiger partial charge >= 0.3 is 0 Å². The zero-order valence-corrected chi connectivity index (χ0v) is 13.4. The van der Waals surface area contributed by atoms with E-state index in [0.717, 1.165) is 32.5 Å². The van der Waals surface area contributed by atoms with Gasteiger partial charge in [-0.15, -0.1) is 11.3 Å². The number of nitrogens with zero attached hydrogens (tertiary/aromatic N) is 1. The van der Waals surface area contributed by atoms with Gasteiger partial charge in [-0.3, -0.25) is 4.79 Å². The Labute approximate surface area is 125 Å². The highest BCUT2D eigenvalue weighted by atomic mass is 32.1. The van der Waals surface area contributed by atoms with Crippen molar-refractivity contribution >= 4 is 17.2 Å². The van der Waals surface area contributed by atoms with Crippen LogP contribution in [0.25, 0.3) is 0 Å². The number of hydrogen-bond acceptors (Lipinski definition) is 4. The third kappa shape index (κ3) is 4.04. The number of carbonyl (C=O) groups excluding carboxylic acids is 1. The van der Waals surface area contributed by atoms with Crippen molar-refractivity contribution in [1.82, 2.24) is 10.2 Å². The van der Waals surface area contributed by atoms with Crippen LogP contribution in [0, 0.1) is 13.8 Å². The summed E-state index contributed by atoms with van der Waals surface area (Å²) in [6, 6.07) is 2.78. The summed E-state index contributed by atoms with van der Waals surface area (Å²) in [6.07, 6.45) is 2.05. The Morgan fingerprint density at radius 1 is 1.45 bits per heavy atom. The molecule has 0 radical (unpaired) electrons. The summed E-state index contributed by atoms with van der Waals surface area (Å²) in [4.78, 5) is 16.4. The van der Waals surface area contributed by atoms with Crippen LogP contribution >= 0.6 is 11.3 Å². The Hall–Kier alpha value is -0.910. The summed E-state index contributed by atoms with van der Waals surface area (Å²) in [5.74, 6) is 0.107. The van der Waals surface area contributed by atoms with Crippen LogP contribution in [0.1, 0.15) is 28.2 Å². The van der Waals surface area contributed by atoms with Gasteiger partial charge in [0.2, 0.25) is 5.91 Å². The van der Waals surface area contributed by atoms with Crippen LogP contribution in [-0.2, 0) is 16.1 Å². The van der Waals surface area contributed by atoms with E-state index < -0.39 is 0 Å². The fraction of sp³-hybridized carbons (Fsp3) is 0.667. The number of methoxy groups -OCH3 is 1. The molecule has 0 bridgehead atoms.